The van der Waals surface area contributed by atoms with Crippen molar-refractivity contribution in [2.45, 2.75) is 13.0 Å². The summed E-state index contributed by atoms with van der Waals surface area (Å²) in [5.74, 6) is -0.189. The van der Waals surface area contributed by atoms with E-state index in [2.05, 4.69) is 4.98 Å². The second kappa shape index (κ2) is 12.4. The molecule has 1 fully saturated rings. The van der Waals surface area contributed by atoms with Crippen LogP contribution in [0.25, 0.3) is 27.9 Å². The number of para-hydroxylation sites is 2. The molecule has 0 spiro atoms. The molecular formula is C35H26N6O5S. The number of aliphatic imine (C=N–C) groups is 1. The number of aromatic amines is 1. The summed E-state index contributed by atoms with van der Waals surface area (Å²) in [6.07, 6.45) is 6.35. The van der Waals surface area contributed by atoms with E-state index in [-0.39, 0.29) is 17.3 Å². The number of hydrogen-bond donors (Lipinski definition) is 1. The summed E-state index contributed by atoms with van der Waals surface area (Å²) >= 11 is 1.26. The van der Waals surface area contributed by atoms with Crippen LogP contribution in [-0.2, 0) is 17.8 Å². The van der Waals surface area contributed by atoms with Gasteiger partial charge in [-0.1, -0.05) is 48.5 Å². The van der Waals surface area contributed by atoms with Gasteiger partial charge < -0.3 is 9.55 Å². The highest BCUT2D eigenvalue weighted by molar-refractivity contribution is 8.18. The van der Waals surface area contributed by atoms with E-state index in [1.54, 1.807) is 29.2 Å². The van der Waals surface area contributed by atoms with Crippen LogP contribution in [0.15, 0.2) is 119 Å². The van der Waals surface area contributed by atoms with Crippen LogP contribution in [0.1, 0.15) is 16.7 Å². The molecule has 2 aromatic heterocycles. The lowest BCUT2D eigenvalue weighted by Gasteiger charge is -2.15. The Labute approximate surface area is 272 Å². The standard InChI is InChI=1S/C35H26N6O5S/c42-34-33(19-25-22-38(32-11-4-2-9-30(25)32)21-23-6-5-7-28(18-23)41(45)46)47-35(37-26-12-14-27(15-13-26)40(43)44)39(34)17-16-24-20-36-31-10-3-1-8-29(24)31/h1-15,18-20,22,36H,16-17,21H2/b33-19-,37-35?. The smallest absolute Gasteiger partial charge is 0.269 e. The highest BCUT2D eigenvalue weighted by atomic mass is 32.2. The minimum atomic E-state index is -0.464. The van der Waals surface area contributed by atoms with Crippen LogP contribution in [0.3, 0.4) is 0 Å². The molecule has 1 saturated heterocycles. The highest BCUT2D eigenvalue weighted by Gasteiger charge is 2.33. The SMILES string of the molecule is O=C1/C(=C/c2cn(Cc3cccc([N+](=O)[O-])c3)c3ccccc23)SC(=Nc2ccc([N+](=O)[O-])cc2)N1CCc1c[nH]c2ccccc12. The zero-order chi connectivity index (χ0) is 32.5. The van der Waals surface area contributed by atoms with E-state index in [0.717, 1.165) is 38.5 Å². The first kappa shape index (κ1) is 29.7. The fraction of sp³-hybridized carbons (Fsp3) is 0.0857. The molecule has 3 heterocycles. The first-order valence-electron chi connectivity index (χ1n) is 14.7. The quantitative estimate of drug-likeness (QED) is 0.0968. The van der Waals surface area contributed by atoms with Crippen LogP contribution in [-0.4, -0.2) is 41.9 Å². The normalized spacial score (nSPS) is 15.0. The van der Waals surface area contributed by atoms with Gasteiger partial charge in [0.15, 0.2) is 5.17 Å². The topological polar surface area (TPSA) is 140 Å². The zero-order valence-corrected chi connectivity index (χ0v) is 25.6. The molecule has 232 valence electrons. The summed E-state index contributed by atoms with van der Waals surface area (Å²) in [6, 6.07) is 28.3. The van der Waals surface area contributed by atoms with Gasteiger partial charge in [-0.15, -0.1) is 0 Å². The Hall–Kier alpha value is -6.01. The van der Waals surface area contributed by atoms with Crippen LogP contribution in [0.4, 0.5) is 17.1 Å². The number of nitro groups is 2. The van der Waals surface area contributed by atoms with Gasteiger partial charge in [0, 0.05) is 77.1 Å². The van der Waals surface area contributed by atoms with Crippen molar-refractivity contribution in [2.24, 2.45) is 4.99 Å². The van der Waals surface area contributed by atoms with Crippen LogP contribution in [0.5, 0.6) is 0 Å². The molecule has 6 aromatic rings. The second-order valence-electron chi connectivity index (χ2n) is 11.0. The molecule has 1 amide bonds. The molecule has 0 aliphatic carbocycles. The van der Waals surface area contributed by atoms with Gasteiger partial charge in [0.05, 0.1) is 20.4 Å². The Kier molecular flexibility index (Phi) is 7.84. The molecule has 0 saturated carbocycles. The van der Waals surface area contributed by atoms with Crippen molar-refractivity contribution in [1.29, 1.82) is 0 Å². The molecule has 7 rings (SSSR count). The average Bonchev–Trinajstić information content (AvgIpc) is 3.74. The number of aromatic nitrogens is 2. The number of rotatable bonds is 9. The molecule has 0 bridgehead atoms. The summed E-state index contributed by atoms with van der Waals surface area (Å²) < 4.78 is 2.02. The lowest BCUT2D eigenvalue weighted by atomic mass is 10.1. The van der Waals surface area contributed by atoms with Gasteiger partial charge in [-0.25, -0.2) is 4.99 Å². The van der Waals surface area contributed by atoms with Crippen LogP contribution in [0.2, 0.25) is 0 Å². The number of hydrogen-bond acceptors (Lipinski definition) is 7. The van der Waals surface area contributed by atoms with E-state index in [1.165, 1.54) is 30.0 Å². The van der Waals surface area contributed by atoms with Gasteiger partial charge in [0.25, 0.3) is 17.3 Å². The Morgan fingerprint density at radius 3 is 2.38 bits per heavy atom. The Bertz CT molecular complexity index is 2250. The molecule has 1 N–H and O–H groups in total. The Balaban J connectivity index is 1.23. The van der Waals surface area contributed by atoms with Crippen LogP contribution in [0, 0.1) is 20.2 Å². The van der Waals surface area contributed by atoms with Crippen molar-refractivity contribution in [2.75, 3.05) is 6.54 Å². The third-order valence-electron chi connectivity index (χ3n) is 8.03. The molecular weight excluding hydrogens is 616 g/mol. The number of benzene rings is 4. The van der Waals surface area contributed by atoms with Gasteiger partial charge in [0.1, 0.15) is 0 Å². The zero-order valence-electron chi connectivity index (χ0n) is 24.8. The first-order valence-corrected chi connectivity index (χ1v) is 15.6. The van der Waals surface area contributed by atoms with Crippen molar-refractivity contribution >= 4 is 67.8 Å². The van der Waals surface area contributed by atoms with Crippen molar-refractivity contribution in [3.8, 4) is 0 Å². The summed E-state index contributed by atoms with van der Waals surface area (Å²) in [4.78, 5) is 45.8. The van der Waals surface area contributed by atoms with Crippen molar-refractivity contribution in [3.05, 3.63) is 151 Å². The lowest BCUT2D eigenvalue weighted by Crippen LogP contribution is -2.31. The minimum absolute atomic E-state index is 0.0295. The van der Waals surface area contributed by atoms with E-state index < -0.39 is 9.85 Å². The van der Waals surface area contributed by atoms with E-state index in [4.69, 9.17) is 4.99 Å². The molecule has 1 aliphatic rings. The van der Waals surface area contributed by atoms with Crippen LogP contribution >= 0.6 is 11.8 Å². The second-order valence-corrected chi connectivity index (χ2v) is 12.0. The van der Waals surface area contributed by atoms with E-state index in [9.17, 15) is 25.0 Å². The maximum absolute atomic E-state index is 14.0. The predicted molar refractivity (Wildman–Crippen MR) is 184 cm³/mol. The number of amidine groups is 1. The van der Waals surface area contributed by atoms with Gasteiger partial charge in [-0.3, -0.25) is 29.9 Å². The third kappa shape index (κ3) is 6.01. The van der Waals surface area contributed by atoms with E-state index in [0.29, 0.717) is 35.3 Å². The monoisotopic (exact) mass is 642 g/mol. The number of nitrogens with zero attached hydrogens (tertiary/aromatic N) is 5. The molecule has 0 atom stereocenters. The lowest BCUT2D eigenvalue weighted by molar-refractivity contribution is -0.385. The molecule has 47 heavy (non-hydrogen) atoms. The number of fused-ring (bicyclic) bond motifs is 2. The average molecular weight is 643 g/mol. The number of amides is 1. The van der Waals surface area contributed by atoms with E-state index >= 15 is 0 Å². The number of carbonyl (C=O) groups excluding carboxylic acids is 1. The van der Waals surface area contributed by atoms with Gasteiger partial charge in [-0.2, -0.15) is 0 Å². The first-order chi connectivity index (χ1) is 22.8. The largest absolute Gasteiger partial charge is 0.361 e. The maximum atomic E-state index is 14.0. The number of nitro benzene ring substituents is 2. The number of non-ortho nitro benzene ring substituents is 2. The fourth-order valence-electron chi connectivity index (χ4n) is 5.75. The number of H-pyrrole nitrogens is 1. The number of thioether (sulfide) groups is 1. The summed E-state index contributed by atoms with van der Waals surface area (Å²) in [7, 11) is 0. The summed E-state index contributed by atoms with van der Waals surface area (Å²) in [6.45, 7) is 0.793. The van der Waals surface area contributed by atoms with Crippen molar-refractivity contribution in [3.63, 3.8) is 0 Å². The molecule has 0 radical (unpaired) electrons. The van der Waals surface area contributed by atoms with Crippen molar-refractivity contribution in [1.82, 2.24) is 14.5 Å². The molecule has 12 heteroatoms. The predicted octanol–water partition coefficient (Wildman–Crippen LogP) is 7.83. The van der Waals surface area contributed by atoms with Crippen LogP contribution < -0.4 is 0 Å². The number of carbonyl (C=O) groups is 1. The molecule has 4 aromatic carbocycles. The summed E-state index contributed by atoms with van der Waals surface area (Å²) in [5, 5.41) is 25.0. The summed E-state index contributed by atoms with van der Waals surface area (Å²) in [5.41, 5.74) is 5.13. The van der Waals surface area contributed by atoms with Gasteiger partial charge in [-0.05, 0) is 59.7 Å². The Morgan fingerprint density at radius 2 is 1.60 bits per heavy atom. The van der Waals surface area contributed by atoms with E-state index in [1.807, 2.05) is 77.6 Å². The minimum Gasteiger partial charge on any atom is -0.361 e. The van der Waals surface area contributed by atoms with Gasteiger partial charge >= 0.3 is 0 Å². The molecule has 11 nitrogen and oxygen atoms in total. The fourth-order valence-corrected chi connectivity index (χ4v) is 6.76. The third-order valence-corrected chi connectivity index (χ3v) is 9.04. The molecule has 0 unspecified atom stereocenters. The number of nitrogens with one attached hydrogen (secondary N) is 1. The molecule has 1 aliphatic heterocycles. The van der Waals surface area contributed by atoms with Crippen molar-refractivity contribution < 1.29 is 14.6 Å². The highest BCUT2D eigenvalue weighted by Crippen LogP contribution is 2.36. The Morgan fingerprint density at radius 1 is 0.851 bits per heavy atom. The maximum Gasteiger partial charge on any atom is 0.269 e. The van der Waals surface area contributed by atoms with Gasteiger partial charge in [0.2, 0.25) is 0 Å².